The normalized spacial score (nSPS) is 19.4. The molecule has 0 saturated carbocycles. The summed E-state index contributed by atoms with van der Waals surface area (Å²) < 4.78 is 36.2. The number of nitrogens with two attached hydrogens (primary N) is 1. The first kappa shape index (κ1) is 15.1. The highest BCUT2D eigenvalue weighted by atomic mass is 32.2. The molecule has 7 heteroatoms. The third-order valence-electron chi connectivity index (χ3n) is 3.26. The van der Waals surface area contributed by atoms with Crippen LogP contribution in [0.15, 0.2) is 23.1 Å². The summed E-state index contributed by atoms with van der Waals surface area (Å²) in [6.07, 6.45) is 0.954. The smallest absolute Gasteiger partial charge is 0.242 e. The second-order valence-electron chi connectivity index (χ2n) is 5.03. The van der Waals surface area contributed by atoms with E-state index in [1.165, 1.54) is 26.2 Å². The minimum absolute atomic E-state index is 0.175. The van der Waals surface area contributed by atoms with E-state index in [9.17, 15) is 8.42 Å². The number of hydrogen-bond donors (Lipinski definition) is 1. The van der Waals surface area contributed by atoms with Gasteiger partial charge in [0.25, 0.3) is 0 Å². The largest absolute Gasteiger partial charge is 0.491 e. The molecule has 1 heterocycles. The van der Waals surface area contributed by atoms with E-state index in [1.54, 1.807) is 6.07 Å². The Bertz CT molecular complexity index is 566. The molecule has 0 spiro atoms. The summed E-state index contributed by atoms with van der Waals surface area (Å²) in [6, 6.07) is 4.51. The fourth-order valence-corrected chi connectivity index (χ4v) is 2.85. The molecule has 1 unspecified atom stereocenters. The molecular formula is C13H20N2O4S. The fraction of sp³-hybridized carbons (Fsp3) is 0.538. The average molecular weight is 300 g/mol. The molecule has 20 heavy (non-hydrogen) atoms. The fourth-order valence-electron chi connectivity index (χ4n) is 1.93. The van der Waals surface area contributed by atoms with E-state index < -0.39 is 10.0 Å². The molecule has 1 fully saturated rings. The molecule has 1 atom stereocenters. The molecule has 1 aliphatic rings. The van der Waals surface area contributed by atoms with Gasteiger partial charge in [-0.1, -0.05) is 0 Å². The Hall–Kier alpha value is -1.31. The van der Waals surface area contributed by atoms with Crippen LogP contribution in [0, 0.1) is 5.92 Å². The predicted octanol–water partition coefficient (Wildman–Crippen LogP) is 0.934. The molecule has 1 aliphatic heterocycles. The number of benzene rings is 1. The Morgan fingerprint density at radius 2 is 2.20 bits per heavy atom. The molecule has 112 valence electrons. The average Bonchev–Trinajstić information content (AvgIpc) is 2.90. The Morgan fingerprint density at radius 3 is 2.80 bits per heavy atom. The summed E-state index contributed by atoms with van der Waals surface area (Å²) >= 11 is 0. The van der Waals surface area contributed by atoms with Gasteiger partial charge in [0, 0.05) is 32.7 Å². The number of ether oxygens (including phenoxy) is 2. The maximum Gasteiger partial charge on any atom is 0.242 e. The third kappa shape index (κ3) is 3.23. The molecule has 6 nitrogen and oxygen atoms in total. The van der Waals surface area contributed by atoms with Crippen molar-refractivity contribution >= 4 is 15.7 Å². The Kier molecular flexibility index (Phi) is 4.52. The van der Waals surface area contributed by atoms with Gasteiger partial charge in [0.2, 0.25) is 10.0 Å². The lowest BCUT2D eigenvalue weighted by Gasteiger charge is -2.15. The first-order chi connectivity index (χ1) is 9.41. The number of nitrogen functional groups attached to an aromatic ring is 1. The summed E-state index contributed by atoms with van der Waals surface area (Å²) in [5, 5.41) is 0. The van der Waals surface area contributed by atoms with Crippen molar-refractivity contribution < 1.29 is 17.9 Å². The lowest BCUT2D eigenvalue weighted by atomic mass is 10.1. The van der Waals surface area contributed by atoms with Gasteiger partial charge in [-0.3, -0.25) is 0 Å². The first-order valence-electron chi connectivity index (χ1n) is 6.44. The van der Waals surface area contributed by atoms with Crippen LogP contribution in [0.25, 0.3) is 0 Å². The van der Waals surface area contributed by atoms with Gasteiger partial charge in [0.1, 0.15) is 5.75 Å². The van der Waals surface area contributed by atoms with Gasteiger partial charge in [-0.05, 0) is 18.6 Å². The van der Waals surface area contributed by atoms with Crippen molar-refractivity contribution in [1.29, 1.82) is 0 Å². The second-order valence-corrected chi connectivity index (χ2v) is 7.18. The minimum atomic E-state index is -3.48. The number of nitrogens with zero attached hydrogens (tertiary/aromatic N) is 1. The van der Waals surface area contributed by atoms with Crippen molar-refractivity contribution in [2.45, 2.75) is 11.3 Å². The van der Waals surface area contributed by atoms with Crippen LogP contribution in [-0.4, -0.2) is 46.6 Å². The topological polar surface area (TPSA) is 81.9 Å². The van der Waals surface area contributed by atoms with E-state index in [4.69, 9.17) is 15.2 Å². The highest BCUT2D eigenvalue weighted by Gasteiger charge is 2.20. The van der Waals surface area contributed by atoms with Crippen molar-refractivity contribution in [1.82, 2.24) is 4.31 Å². The number of hydrogen-bond acceptors (Lipinski definition) is 5. The van der Waals surface area contributed by atoms with Crippen LogP contribution in [0.4, 0.5) is 5.69 Å². The second kappa shape index (κ2) is 5.99. The highest BCUT2D eigenvalue weighted by molar-refractivity contribution is 7.89. The summed E-state index contributed by atoms with van der Waals surface area (Å²) in [7, 11) is -0.504. The van der Waals surface area contributed by atoms with Gasteiger partial charge in [-0.15, -0.1) is 0 Å². The van der Waals surface area contributed by atoms with Crippen molar-refractivity contribution in [3.05, 3.63) is 18.2 Å². The summed E-state index contributed by atoms with van der Waals surface area (Å²) in [5.74, 6) is 0.739. The van der Waals surface area contributed by atoms with E-state index >= 15 is 0 Å². The first-order valence-corrected chi connectivity index (χ1v) is 7.88. The molecule has 0 bridgehead atoms. The van der Waals surface area contributed by atoms with E-state index in [0.717, 1.165) is 17.3 Å². The molecule has 2 N–H and O–H groups in total. The minimum Gasteiger partial charge on any atom is -0.491 e. The van der Waals surface area contributed by atoms with Gasteiger partial charge in [-0.25, -0.2) is 12.7 Å². The van der Waals surface area contributed by atoms with E-state index in [1.807, 2.05) is 0 Å². The van der Waals surface area contributed by atoms with E-state index in [0.29, 0.717) is 30.6 Å². The highest BCUT2D eigenvalue weighted by Crippen LogP contribution is 2.27. The monoisotopic (exact) mass is 300 g/mol. The summed E-state index contributed by atoms with van der Waals surface area (Å²) in [4.78, 5) is 0.175. The standard InChI is InChI=1S/C13H20N2O4S/c1-15(2)20(16,17)11-3-4-12(14)13(7-11)19-9-10-5-6-18-8-10/h3-4,7,10H,5-6,8-9,14H2,1-2H3. The maximum absolute atomic E-state index is 12.1. The zero-order valence-corrected chi connectivity index (χ0v) is 12.5. The van der Waals surface area contributed by atoms with Crippen LogP contribution in [0.2, 0.25) is 0 Å². The molecule has 0 aliphatic carbocycles. The van der Waals surface area contributed by atoms with Gasteiger partial charge in [0.05, 0.1) is 23.8 Å². The van der Waals surface area contributed by atoms with Gasteiger partial charge < -0.3 is 15.2 Å². The van der Waals surface area contributed by atoms with Crippen LogP contribution in [0.1, 0.15) is 6.42 Å². The molecule has 1 saturated heterocycles. The van der Waals surface area contributed by atoms with Crippen molar-refractivity contribution in [3.8, 4) is 5.75 Å². The zero-order valence-electron chi connectivity index (χ0n) is 11.7. The third-order valence-corrected chi connectivity index (χ3v) is 5.07. The van der Waals surface area contributed by atoms with Crippen molar-refractivity contribution in [2.24, 2.45) is 5.92 Å². The molecule has 1 aromatic carbocycles. The lowest BCUT2D eigenvalue weighted by molar-refractivity contribution is 0.167. The van der Waals surface area contributed by atoms with Gasteiger partial charge >= 0.3 is 0 Å². The quantitative estimate of drug-likeness (QED) is 0.818. The van der Waals surface area contributed by atoms with E-state index in [-0.39, 0.29) is 4.90 Å². The molecular weight excluding hydrogens is 280 g/mol. The maximum atomic E-state index is 12.1. The van der Waals surface area contributed by atoms with Crippen molar-refractivity contribution in [3.63, 3.8) is 0 Å². The van der Waals surface area contributed by atoms with Gasteiger partial charge in [0.15, 0.2) is 0 Å². The number of rotatable bonds is 5. The number of sulfonamides is 1. The Morgan fingerprint density at radius 1 is 1.45 bits per heavy atom. The molecule has 0 radical (unpaired) electrons. The Labute approximate surface area is 119 Å². The van der Waals surface area contributed by atoms with Crippen LogP contribution in [0.3, 0.4) is 0 Å². The molecule has 1 aromatic rings. The van der Waals surface area contributed by atoms with Gasteiger partial charge in [-0.2, -0.15) is 0 Å². The summed E-state index contributed by atoms with van der Waals surface area (Å²) in [6.45, 7) is 1.91. The van der Waals surface area contributed by atoms with E-state index in [2.05, 4.69) is 0 Å². The molecule has 2 rings (SSSR count). The lowest BCUT2D eigenvalue weighted by Crippen LogP contribution is -2.22. The zero-order chi connectivity index (χ0) is 14.8. The predicted molar refractivity (Wildman–Crippen MR) is 76.1 cm³/mol. The van der Waals surface area contributed by atoms with Crippen LogP contribution in [0.5, 0.6) is 5.75 Å². The Balaban J connectivity index is 2.16. The molecule has 0 aromatic heterocycles. The SMILES string of the molecule is CN(C)S(=O)(=O)c1ccc(N)c(OCC2CCOC2)c1. The van der Waals surface area contributed by atoms with Crippen LogP contribution < -0.4 is 10.5 Å². The van der Waals surface area contributed by atoms with Crippen LogP contribution in [-0.2, 0) is 14.8 Å². The van der Waals surface area contributed by atoms with Crippen LogP contribution >= 0.6 is 0 Å². The van der Waals surface area contributed by atoms with Crippen molar-refractivity contribution in [2.75, 3.05) is 39.6 Å². The summed E-state index contributed by atoms with van der Waals surface area (Å²) in [5.41, 5.74) is 6.26. The molecule has 0 amide bonds. The number of anilines is 1.